The summed E-state index contributed by atoms with van der Waals surface area (Å²) in [5.74, 6) is 1.18. The minimum Gasteiger partial charge on any atom is -0.393 e. The van der Waals surface area contributed by atoms with E-state index < -0.39 is 0 Å². The van der Waals surface area contributed by atoms with Gasteiger partial charge in [-0.1, -0.05) is 37.1 Å². The standard InChI is InChI=1S/C16H23NO/c18-16-8-4-2-6-13(16)10-17-11-14-9-12-5-1-3-7-15(12)14/h1,3,5,7,13-14,16-18H,2,4,6,8-11H2. The van der Waals surface area contributed by atoms with E-state index in [9.17, 15) is 5.11 Å². The number of hydrogen-bond donors (Lipinski definition) is 2. The maximum absolute atomic E-state index is 9.92. The van der Waals surface area contributed by atoms with Gasteiger partial charge < -0.3 is 10.4 Å². The van der Waals surface area contributed by atoms with Crippen molar-refractivity contribution in [3.8, 4) is 0 Å². The highest BCUT2D eigenvalue weighted by atomic mass is 16.3. The maximum atomic E-state index is 9.92. The predicted octanol–water partition coefficient (Wildman–Crippen LogP) is 2.47. The molecule has 3 rings (SSSR count). The van der Waals surface area contributed by atoms with E-state index in [0.29, 0.717) is 11.8 Å². The van der Waals surface area contributed by atoms with E-state index in [1.54, 1.807) is 0 Å². The number of nitrogens with one attached hydrogen (secondary N) is 1. The fraction of sp³-hybridized carbons (Fsp3) is 0.625. The molecule has 2 heteroatoms. The van der Waals surface area contributed by atoms with Gasteiger partial charge in [-0.25, -0.2) is 0 Å². The molecule has 18 heavy (non-hydrogen) atoms. The molecule has 3 atom stereocenters. The first-order chi connectivity index (χ1) is 8.84. The Kier molecular flexibility index (Phi) is 3.67. The van der Waals surface area contributed by atoms with Crippen LogP contribution in [0.5, 0.6) is 0 Å². The maximum Gasteiger partial charge on any atom is 0.0580 e. The lowest BCUT2D eigenvalue weighted by Crippen LogP contribution is -2.37. The quantitative estimate of drug-likeness (QED) is 0.854. The van der Waals surface area contributed by atoms with Crippen molar-refractivity contribution in [1.29, 1.82) is 0 Å². The van der Waals surface area contributed by atoms with E-state index in [1.165, 1.54) is 36.8 Å². The largest absolute Gasteiger partial charge is 0.393 e. The molecule has 0 aromatic heterocycles. The molecule has 0 heterocycles. The Hall–Kier alpha value is -0.860. The zero-order valence-corrected chi connectivity index (χ0v) is 10.9. The Morgan fingerprint density at radius 3 is 2.78 bits per heavy atom. The molecular formula is C16H23NO. The Labute approximate surface area is 109 Å². The Morgan fingerprint density at radius 1 is 1.11 bits per heavy atom. The first kappa shape index (κ1) is 12.2. The smallest absolute Gasteiger partial charge is 0.0580 e. The van der Waals surface area contributed by atoms with Gasteiger partial charge in [-0.15, -0.1) is 0 Å². The van der Waals surface area contributed by atoms with Crippen LogP contribution < -0.4 is 5.32 Å². The minimum absolute atomic E-state index is 0.0695. The van der Waals surface area contributed by atoms with Gasteiger partial charge in [0.2, 0.25) is 0 Å². The first-order valence-corrected chi connectivity index (χ1v) is 7.31. The molecular weight excluding hydrogens is 222 g/mol. The summed E-state index contributed by atoms with van der Waals surface area (Å²) in [6.07, 6.45) is 5.83. The molecule has 1 fully saturated rings. The van der Waals surface area contributed by atoms with Crippen LogP contribution in [0.1, 0.15) is 42.7 Å². The molecule has 2 N–H and O–H groups in total. The van der Waals surface area contributed by atoms with Crippen molar-refractivity contribution in [2.24, 2.45) is 5.92 Å². The van der Waals surface area contributed by atoms with E-state index in [1.807, 2.05) is 0 Å². The van der Waals surface area contributed by atoms with Crippen LogP contribution >= 0.6 is 0 Å². The molecule has 1 saturated carbocycles. The monoisotopic (exact) mass is 245 g/mol. The zero-order chi connectivity index (χ0) is 12.4. The van der Waals surface area contributed by atoms with Crippen LogP contribution in [0.3, 0.4) is 0 Å². The number of aliphatic hydroxyl groups excluding tert-OH is 1. The van der Waals surface area contributed by atoms with Crippen molar-refractivity contribution >= 4 is 0 Å². The Morgan fingerprint density at radius 2 is 1.94 bits per heavy atom. The second kappa shape index (κ2) is 5.41. The van der Waals surface area contributed by atoms with Gasteiger partial charge in [0.1, 0.15) is 0 Å². The van der Waals surface area contributed by atoms with E-state index in [0.717, 1.165) is 19.5 Å². The molecule has 2 aliphatic rings. The second-order valence-corrected chi connectivity index (χ2v) is 5.87. The van der Waals surface area contributed by atoms with Crippen molar-refractivity contribution in [3.63, 3.8) is 0 Å². The number of rotatable bonds is 4. The highest BCUT2D eigenvalue weighted by Crippen LogP contribution is 2.34. The fourth-order valence-electron chi connectivity index (χ4n) is 3.41. The van der Waals surface area contributed by atoms with Gasteiger partial charge >= 0.3 is 0 Å². The van der Waals surface area contributed by atoms with Gasteiger partial charge in [0.15, 0.2) is 0 Å². The average molecular weight is 245 g/mol. The number of fused-ring (bicyclic) bond motifs is 1. The van der Waals surface area contributed by atoms with Crippen LogP contribution in [-0.2, 0) is 6.42 Å². The van der Waals surface area contributed by atoms with Gasteiger partial charge in [0.05, 0.1) is 6.10 Å². The fourth-order valence-corrected chi connectivity index (χ4v) is 3.41. The van der Waals surface area contributed by atoms with Crippen molar-refractivity contribution in [2.75, 3.05) is 13.1 Å². The van der Waals surface area contributed by atoms with Crippen LogP contribution in [0.15, 0.2) is 24.3 Å². The normalized spacial score (nSPS) is 30.6. The lowest BCUT2D eigenvalue weighted by Gasteiger charge is -2.32. The van der Waals surface area contributed by atoms with Gasteiger partial charge in [0, 0.05) is 19.0 Å². The summed E-state index contributed by atoms with van der Waals surface area (Å²) in [6.45, 7) is 2.06. The molecule has 3 unspecified atom stereocenters. The van der Waals surface area contributed by atoms with Gasteiger partial charge in [-0.3, -0.25) is 0 Å². The van der Waals surface area contributed by atoms with Crippen molar-refractivity contribution in [3.05, 3.63) is 35.4 Å². The van der Waals surface area contributed by atoms with E-state index in [2.05, 4.69) is 29.6 Å². The minimum atomic E-state index is -0.0695. The van der Waals surface area contributed by atoms with Gasteiger partial charge in [-0.05, 0) is 36.3 Å². The van der Waals surface area contributed by atoms with Gasteiger partial charge in [0.25, 0.3) is 0 Å². The molecule has 0 radical (unpaired) electrons. The summed E-state index contributed by atoms with van der Waals surface area (Å²) >= 11 is 0. The summed E-state index contributed by atoms with van der Waals surface area (Å²) in [4.78, 5) is 0. The molecule has 0 amide bonds. The molecule has 1 aromatic carbocycles. The van der Waals surface area contributed by atoms with Crippen LogP contribution in [0.4, 0.5) is 0 Å². The molecule has 98 valence electrons. The lowest BCUT2D eigenvalue weighted by atomic mass is 9.77. The topological polar surface area (TPSA) is 32.3 Å². The van der Waals surface area contributed by atoms with Crippen molar-refractivity contribution in [2.45, 2.75) is 44.1 Å². The molecule has 0 saturated heterocycles. The van der Waals surface area contributed by atoms with E-state index in [-0.39, 0.29) is 6.10 Å². The summed E-state index contributed by atoms with van der Waals surface area (Å²) in [5.41, 5.74) is 3.04. The average Bonchev–Trinajstić information content (AvgIpc) is 2.37. The first-order valence-electron chi connectivity index (χ1n) is 7.31. The third-order valence-corrected chi connectivity index (χ3v) is 4.63. The zero-order valence-electron chi connectivity index (χ0n) is 10.9. The molecule has 2 nitrogen and oxygen atoms in total. The van der Waals surface area contributed by atoms with E-state index >= 15 is 0 Å². The third kappa shape index (κ3) is 2.45. The van der Waals surface area contributed by atoms with Crippen LogP contribution in [0.2, 0.25) is 0 Å². The lowest BCUT2D eigenvalue weighted by molar-refractivity contribution is 0.0694. The van der Waals surface area contributed by atoms with Crippen LogP contribution in [0.25, 0.3) is 0 Å². The molecule has 2 aliphatic carbocycles. The summed E-state index contributed by atoms with van der Waals surface area (Å²) in [5, 5.41) is 13.5. The molecule has 1 aromatic rings. The molecule has 0 aliphatic heterocycles. The third-order valence-electron chi connectivity index (χ3n) is 4.63. The highest BCUT2D eigenvalue weighted by molar-refractivity contribution is 5.40. The second-order valence-electron chi connectivity index (χ2n) is 5.87. The summed E-state index contributed by atoms with van der Waals surface area (Å²) in [6, 6.07) is 8.74. The number of benzene rings is 1. The number of aliphatic hydroxyl groups is 1. The SMILES string of the molecule is OC1CCCCC1CNCC1Cc2ccccc21. The van der Waals surface area contributed by atoms with Crippen molar-refractivity contribution in [1.82, 2.24) is 5.32 Å². The summed E-state index contributed by atoms with van der Waals surface area (Å²) in [7, 11) is 0. The van der Waals surface area contributed by atoms with Crippen molar-refractivity contribution < 1.29 is 5.11 Å². The van der Waals surface area contributed by atoms with E-state index in [4.69, 9.17) is 0 Å². The van der Waals surface area contributed by atoms with Gasteiger partial charge in [-0.2, -0.15) is 0 Å². The Balaban J connectivity index is 1.43. The summed E-state index contributed by atoms with van der Waals surface area (Å²) < 4.78 is 0. The molecule has 0 spiro atoms. The van der Waals surface area contributed by atoms with Crippen LogP contribution in [-0.4, -0.2) is 24.3 Å². The highest BCUT2D eigenvalue weighted by Gasteiger charge is 2.26. The Bertz CT molecular complexity index is 404. The molecule has 0 bridgehead atoms. The number of hydrogen-bond acceptors (Lipinski definition) is 2. The van der Waals surface area contributed by atoms with Crippen LogP contribution in [0, 0.1) is 5.92 Å². The predicted molar refractivity (Wildman–Crippen MR) is 73.7 cm³/mol.